The molecule has 0 atom stereocenters. The van der Waals surface area contributed by atoms with Crippen LogP contribution in [-0.2, 0) is 11.3 Å². The van der Waals surface area contributed by atoms with Crippen molar-refractivity contribution in [2.24, 2.45) is 5.92 Å². The van der Waals surface area contributed by atoms with E-state index in [1.54, 1.807) is 5.57 Å². The molecule has 1 aromatic rings. The van der Waals surface area contributed by atoms with Crippen molar-refractivity contribution in [1.82, 2.24) is 10.2 Å². The van der Waals surface area contributed by atoms with E-state index in [0.717, 1.165) is 45.4 Å². The second kappa shape index (κ2) is 9.19. The Balaban J connectivity index is 1.35. The summed E-state index contributed by atoms with van der Waals surface area (Å²) in [6, 6.07) is 8.79. The summed E-state index contributed by atoms with van der Waals surface area (Å²) in [6.07, 6.45) is 10.5. The number of likely N-dealkylation sites (tertiary alicyclic amines) is 1. The number of hydrogen-bond donors (Lipinski definition) is 1. The molecule has 0 aromatic heterocycles. The normalized spacial score (nSPS) is 19.5. The highest BCUT2D eigenvalue weighted by atomic mass is 16.1. The van der Waals surface area contributed by atoms with Crippen molar-refractivity contribution < 1.29 is 4.79 Å². The molecular weight excluding hydrogens is 308 g/mol. The number of nitrogens with one attached hydrogen (secondary N) is 1. The first-order chi connectivity index (χ1) is 12.2. The summed E-state index contributed by atoms with van der Waals surface area (Å²) in [4.78, 5) is 14.9. The molecule has 136 valence electrons. The molecule has 2 aliphatic rings. The average molecular weight is 341 g/mol. The quantitative estimate of drug-likeness (QED) is 0.787. The van der Waals surface area contributed by atoms with Gasteiger partial charge in [0.25, 0.3) is 0 Å². The number of amides is 1. The van der Waals surface area contributed by atoms with Crippen LogP contribution in [-0.4, -0.2) is 30.4 Å². The zero-order valence-electron chi connectivity index (χ0n) is 15.6. The summed E-state index contributed by atoms with van der Waals surface area (Å²) in [6.45, 7) is 5.99. The Morgan fingerprint density at radius 1 is 1.16 bits per heavy atom. The van der Waals surface area contributed by atoms with Gasteiger partial charge in [0.1, 0.15) is 0 Å². The molecule has 0 bridgehead atoms. The van der Waals surface area contributed by atoms with Crippen molar-refractivity contribution in [3.8, 4) is 0 Å². The first-order valence-electron chi connectivity index (χ1n) is 9.94. The highest BCUT2D eigenvalue weighted by Crippen LogP contribution is 2.21. The Morgan fingerprint density at radius 2 is 1.92 bits per heavy atom. The lowest BCUT2D eigenvalue weighted by atomic mass is 9.95. The maximum absolute atomic E-state index is 12.4. The van der Waals surface area contributed by atoms with Crippen molar-refractivity contribution in [2.45, 2.75) is 58.4 Å². The Labute approximate surface area is 152 Å². The molecule has 3 rings (SSSR count). The maximum Gasteiger partial charge on any atom is 0.223 e. The summed E-state index contributed by atoms with van der Waals surface area (Å²) in [5.41, 5.74) is 4.22. The standard InChI is InChI=1S/C22H32N2O/c1-18-7-9-20(10-8-18)17-24-15-12-21(13-16-24)22(25)23-14-11-19-5-3-2-4-6-19/h5,7-10,21H,2-4,6,11-17H2,1H3,(H,23,25). The van der Waals surface area contributed by atoms with Crippen LogP contribution >= 0.6 is 0 Å². The van der Waals surface area contributed by atoms with E-state index in [4.69, 9.17) is 0 Å². The zero-order chi connectivity index (χ0) is 17.5. The first kappa shape index (κ1) is 18.2. The van der Waals surface area contributed by atoms with Gasteiger partial charge in [-0.2, -0.15) is 0 Å². The fraction of sp³-hybridized carbons (Fsp3) is 0.591. The van der Waals surface area contributed by atoms with E-state index in [9.17, 15) is 4.79 Å². The summed E-state index contributed by atoms with van der Waals surface area (Å²) in [5.74, 6) is 0.473. The minimum atomic E-state index is 0.203. The molecule has 0 unspecified atom stereocenters. The van der Waals surface area contributed by atoms with Crippen LogP contribution < -0.4 is 5.32 Å². The van der Waals surface area contributed by atoms with Gasteiger partial charge >= 0.3 is 0 Å². The Kier molecular flexibility index (Phi) is 6.69. The van der Waals surface area contributed by atoms with E-state index in [1.807, 2.05) is 0 Å². The number of carbonyl (C=O) groups excluding carboxylic acids is 1. The molecule has 1 N–H and O–H groups in total. The van der Waals surface area contributed by atoms with Crippen molar-refractivity contribution >= 4 is 5.91 Å². The predicted molar refractivity (Wildman–Crippen MR) is 103 cm³/mol. The Morgan fingerprint density at radius 3 is 2.60 bits per heavy atom. The third-order valence-corrected chi connectivity index (χ3v) is 5.62. The highest BCUT2D eigenvalue weighted by molar-refractivity contribution is 5.78. The van der Waals surface area contributed by atoms with E-state index in [0.29, 0.717) is 0 Å². The van der Waals surface area contributed by atoms with Gasteiger partial charge in [-0.15, -0.1) is 0 Å². The van der Waals surface area contributed by atoms with Gasteiger partial charge in [0.15, 0.2) is 0 Å². The second-order valence-electron chi connectivity index (χ2n) is 7.69. The van der Waals surface area contributed by atoms with Gasteiger partial charge in [-0.25, -0.2) is 0 Å². The molecule has 1 aliphatic heterocycles. The molecule has 1 saturated heterocycles. The van der Waals surface area contributed by atoms with Gasteiger partial charge in [-0.1, -0.05) is 41.5 Å². The number of rotatable bonds is 6. The molecule has 0 radical (unpaired) electrons. The number of aryl methyl sites for hydroxylation is 1. The molecule has 0 spiro atoms. The van der Waals surface area contributed by atoms with E-state index < -0.39 is 0 Å². The smallest absolute Gasteiger partial charge is 0.223 e. The largest absolute Gasteiger partial charge is 0.356 e. The van der Waals surface area contributed by atoms with Crippen LogP contribution in [0.4, 0.5) is 0 Å². The predicted octanol–water partition coefficient (Wildman–Crippen LogP) is 4.21. The monoisotopic (exact) mass is 340 g/mol. The average Bonchev–Trinajstić information content (AvgIpc) is 2.65. The highest BCUT2D eigenvalue weighted by Gasteiger charge is 2.24. The number of allylic oxidation sites excluding steroid dienone is 1. The SMILES string of the molecule is Cc1ccc(CN2CCC(C(=O)NCCC3=CCCCC3)CC2)cc1. The lowest BCUT2D eigenvalue weighted by Crippen LogP contribution is -2.40. The van der Waals surface area contributed by atoms with Gasteiger partial charge in [0.2, 0.25) is 5.91 Å². The third-order valence-electron chi connectivity index (χ3n) is 5.62. The lowest BCUT2D eigenvalue weighted by molar-refractivity contribution is -0.126. The molecule has 0 saturated carbocycles. The molecule has 25 heavy (non-hydrogen) atoms. The molecular formula is C22H32N2O. The molecule has 1 aromatic carbocycles. The Bertz CT molecular complexity index is 583. The lowest BCUT2D eigenvalue weighted by Gasteiger charge is -2.31. The minimum Gasteiger partial charge on any atom is -0.356 e. The van der Waals surface area contributed by atoms with Gasteiger partial charge in [0.05, 0.1) is 0 Å². The molecule has 1 heterocycles. The molecule has 3 heteroatoms. The summed E-state index contributed by atoms with van der Waals surface area (Å²) < 4.78 is 0. The van der Waals surface area contributed by atoms with E-state index in [1.165, 1.54) is 36.8 Å². The number of benzene rings is 1. The number of piperidine rings is 1. The van der Waals surface area contributed by atoms with Crippen LogP contribution in [0, 0.1) is 12.8 Å². The van der Waals surface area contributed by atoms with Crippen molar-refractivity contribution in [3.63, 3.8) is 0 Å². The second-order valence-corrected chi connectivity index (χ2v) is 7.69. The third kappa shape index (κ3) is 5.71. The first-order valence-corrected chi connectivity index (χ1v) is 9.94. The van der Waals surface area contributed by atoms with Crippen LogP contribution in [0.1, 0.15) is 56.1 Å². The van der Waals surface area contributed by atoms with Crippen LogP contribution in [0.3, 0.4) is 0 Å². The number of nitrogens with zero attached hydrogens (tertiary/aromatic N) is 1. The maximum atomic E-state index is 12.4. The number of carbonyl (C=O) groups is 1. The van der Waals surface area contributed by atoms with Crippen LogP contribution in [0.2, 0.25) is 0 Å². The van der Waals surface area contributed by atoms with Crippen molar-refractivity contribution in [2.75, 3.05) is 19.6 Å². The van der Waals surface area contributed by atoms with Gasteiger partial charge in [-0.05, 0) is 70.5 Å². The summed E-state index contributed by atoms with van der Waals surface area (Å²) in [5, 5.41) is 3.17. The van der Waals surface area contributed by atoms with E-state index in [-0.39, 0.29) is 11.8 Å². The number of hydrogen-bond acceptors (Lipinski definition) is 2. The van der Waals surface area contributed by atoms with Crippen LogP contribution in [0.25, 0.3) is 0 Å². The minimum absolute atomic E-state index is 0.203. The summed E-state index contributed by atoms with van der Waals surface area (Å²) in [7, 11) is 0. The van der Waals surface area contributed by atoms with E-state index in [2.05, 4.69) is 47.5 Å². The Hall–Kier alpha value is -1.61. The van der Waals surface area contributed by atoms with E-state index >= 15 is 0 Å². The molecule has 3 nitrogen and oxygen atoms in total. The zero-order valence-corrected chi connectivity index (χ0v) is 15.6. The fourth-order valence-electron chi connectivity index (χ4n) is 3.93. The molecule has 1 fully saturated rings. The van der Waals surface area contributed by atoms with Crippen molar-refractivity contribution in [3.05, 3.63) is 47.0 Å². The van der Waals surface area contributed by atoms with Gasteiger partial charge in [-0.3, -0.25) is 9.69 Å². The summed E-state index contributed by atoms with van der Waals surface area (Å²) >= 11 is 0. The fourth-order valence-corrected chi connectivity index (χ4v) is 3.93. The van der Waals surface area contributed by atoms with Crippen LogP contribution in [0.5, 0.6) is 0 Å². The van der Waals surface area contributed by atoms with Crippen LogP contribution in [0.15, 0.2) is 35.9 Å². The molecule has 1 aliphatic carbocycles. The molecule has 1 amide bonds. The van der Waals surface area contributed by atoms with Gasteiger partial charge in [0, 0.05) is 19.0 Å². The van der Waals surface area contributed by atoms with Crippen molar-refractivity contribution in [1.29, 1.82) is 0 Å². The van der Waals surface area contributed by atoms with Gasteiger partial charge < -0.3 is 5.32 Å². The topological polar surface area (TPSA) is 32.3 Å².